The molecule has 5 rings (SSSR count). The molecule has 0 unspecified atom stereocenters. The molecule has 0 spiro atoms. The van der Waals surface area contributed by atoms with Gasteiger partial charge in [0, 0.05) is 24.0 Å². The van der Waals surface area contributed by atoms with Gasteiger partial charge in [-0.2, -0.15) is 5.10 Å². The number of fused-ring (bicyclic) bond motifs is 4. The SMILES string of the molecule is Cc1nc2c(s1)c1ccn(Cc3cccc4cn[nH]c34)c(=O)c1n2C. The fourth-order valence-corrected chi connectivity index (χ4v) is 4.44. The van der Waals surface area contributed by atoms with Crippen LogP contribution in [0.3, 0.4) is 0 Å². The molecule has 0 aliphatic rings. The summed E-state index contributed by atoms with van der Waals surface area (Å²) in [7, 11) is 1.91. The number of H-pyrrole nitrogens is 1. The highest BCUT2D eigenvalue weighted by Crippen LogP contribution is 2.30. The van der Waals surface area contributed by atoms with E-state index in [1.54, 1.807) is 22.1 Å². The number of aromatic amines is 1. The third-order valence-corrected chi connectivity index (χ3v) is 5.65. The lowest BCUT2D eigenvalue weighted by atomic mass is 10.1. The Hall–Kier alpha value is -2.93. The minimum Gasteiger partial charge on any atom is -0.323 e. The standard InChI is InChI=1S/C18H15N5OS/c1-10-20-17-16(25-10)13-6-7-23(18(24)15(13)22(17)2)9-12-5-3-4-11-8-19-21-14(11)12/h3-8H,9H2,1-2H3,(H,19,21). The van der Waals surface area contributed by atoms with Crippen molar-refractivity contribution < 1.29 is 0 Å². The van der Waals surface area contributed by atoms with Gasteiger partial charge in [-0.15, -0.1) is 11.3 Å². The molecule has 0 amide bonds. The number of hydrogen-bond acceptors (Lipinski definition) is 4. The molecule has 1 aromatic carbocycles. The van der Waals surface area contributed by atoms with Crippen LogP contribution in [0.25, 0.3) is 32.2 Å². The number of aryl methyl sites for hydroxylation is 2. The minimum absolute atomic E-state index is 0.000582. The predicted octanol–water partition coefficient (Wildman–Crippen LogP) is 3.18. The summed E-state index contributed by atoms with van der Waals surface area (Å²) in [5.41, 5.74) is 3.59. The molecule has 0 aliphatic carbocycles. The minimum atomic E-state index is -0.000582. The van der Waals surface area contributed by atoms with Gasteiger partial charge < -0.3 is 9.13 Å². The lowest BCUT2D eigenvalue weighted by molar-refractivity contribution is 0.764. The highest BCUT2D eigenvalue weighted by atomic mass is 32.1. The van der Waals surface area contributed by atoms with Gasteiger partial charge in [-0.3, -0.25) is 9.89 Å². The Morgan fingerprint density at radius 2 is 2.16 bits per heavy atom. The summed E-state index contributed by atoms with van der Waals surface area (Å²) in [4.78, 5) is 17.6. The first-order valence-corrected chi connectivity index (χ1v) is 8.81. The second kappa shape index (κ2) is 5.03. The molecule has 1 N–H and O–H groups in total. The number of pyridine rings is 1. The van der Waals surface area contributed by atoms with Crippen LogP contribution in [-0.4, -0.2) is 24.3 Å². The molecule has 4 aromatic heterocycles. The second-order valence-corrected chi connectivity index (χ2v) is 7.41. The molecule has 25 heavy (non-hydrogen) atoms. The molecule has 124 valence electrons. The number of benzene rings is 1. The van der Waals surface area contributed by atoms with Crippen molar-refractivity contribution in [2.45, 2.75) is 13.5 Å². The van der Waals surface area contributed by atoms with Crippen LogP contribution in [0.5, 0.6) is 0 Å². The third kappa shape index (κ3) is 1.99. The maximum Gasteiger partial charge on any atom is 0.275 e. The normalized spacial score (nSPS) is 11.9. The van der Waals surface area contributed by atoms with Crippen LogP contribution in [0.15, 0.2) is 41.5 Å². The van der Waals surface area contributed by atoms with E-state index in [0.29, 0.717) is 12.1 Å². The van der Waals surface area contributed by atoms with Gasteiger partial charge in [0.05, 0.1) is 28.0 Å². The van der Waals surface area contributed by atoms with Crippen LogP contribution in [0.2, 0.25) is 0 Å². The third-order valence-electron chi connectivity index (χ3n) is 4.66. The molecule has 6 nitrogen and oxygen atoms in total. The summed E-state index contributed by atoms with van der Waals surface area (Å²) < 4.78 is 4.73. The van der Waals surface area contributed by atoms with Crippen molar-refractivity contribution in [1.82, 2.24) is 24.3 Å². The Bertz CT molecular complexity index is 1320. The summed E-state index contributed by atoms with van der Waals surface area (Å²) in [5, 5.41) is 10.2. The molecule has 0 atom stereocenters. The Morgan fingerprint density at radius 3 is 3.04 bits per heavy atom. The van der Waals surface area contributed by atoms with Crippen LogP contribution in [-0.2, 0) is 13.6 Å². The average molecular weight is 349 g/mol. The molecule has 0 radical (unpaired) electrons. The quantitative estimate of drug-likeness (QED) is 0.532. The van der Waals surface area contributed by atoms with Crippen molar-refractivity contribution in [1.29, 1.82) is 0 Å². The number of thiazole rings is 1. The Labute approximate surface area is 146 Å². The summed E-state index contributed by atoms with van der Waals surface area (Å²) >= 11 is 1.63. The number of para-hydroxylation sites is 1. The number of nitrogens with one attached hydrogen (secondary N) is 1. The van der Waals surface area contributed by atoms with Gasteiger partial charge >= 0.3 is 0 Å². The van der Waals surface area contributed by atoms with E-state index in [9.17, 15) is 4.79 Å². The topological polar surface area (TPSA) is 68.5 Å². The van der Waals surface area contributed by atoms with Gasteiger partial charge in [0.25, 0.3) is 5.56 Å². The highest BCUT2D eigenvalue weighted by molar-refractivity contribution is 7.19. The van der Waals surface area contributed by atoms with Gasteiger partial charge in [0.1, 0.15) is 5.52 Å². The molecule has 0 bridgehead atoms. The summed E-state index contributed by atoms with van der Waals surface area (Å²) in [6.07, 6.45) is 3.67. The first kappa shape index (κ1) is 14.4. The first-order chi connectivity index (χ1) is 12.1. The van der Waals surface area contributed by atoms with Gasteiger partial charge in [0.2, 0.25) is 0 Å². The monoisotopic (exact) mass is 349 g/mol. The van der Waals surface area contributed by atoms with Gasteiger partial charge in [-0.05, 0) is 18.6 Å². The molecule has 5 aromatic rings. The van der Waals surface area contributed by atoms with E-state index in [0.717, 1.165) is 37.2 Å². The molecule has 0 saturated heterocycles. The maximum atomic E-state index is 13.1. The van der Waals surface area contributed by atoms with Crippen LogP contribution < -0.4 is 5.56 Å². The van der Waals surface area contributed by atoms with Crippen molar-refractivity contribution in [2.75, 3.05) is 0 Å². The van der Waals surface area contributed by atoms with E-state index in [1.807, 2.05) is 49.0 Å². The fourth-order valence-electron chi connectivity index (χ4n) is 3.46. The molecular weight excluding hydrogens is 334 g/mol. The Kier molecular flexibility index (Phi) is 2.90. The second-order valence-electron chi connectivity index (χ2n) is 6.21. The molecule has 0 fully saturated rings. The van der Waals surface area contributed by atoms with Crippen molar-refractivity contribution >= 4 is 43.5 Å². The van der Waals surface area contributed by atoms with Crippen LogP contribution in [0, 0.1) is 6.92 Å². The Balaban J connectivity index is 1.72. The summed E-state index contributed by atoms with van der Waals surface area (Å²) in [6.45, 7) is 2.49. The molecular formula is C18H15N5OS. The zero-order valence-corrected chi connectivity index (χ0v) is 14.6. The number of nitrogens with zero attached hydrogens (tertiary/aromatic N) is 4. The largest absolute Gasteiger partial charge is 0.323 e. The fraction of sp³-hybridized carbons (Fsp3) is 0.167. The molecule has 4 heterocycles. The lowest BCUT2D eigenvalue weighted by Crippen LogP contribution is -2.21. The van der Waals surface area contributed by atoms with E-state index < -0.39 is 0 Å². The highest BCUT2D eigenvalue weighted by Gasteiger charge is 2.16. The average Bonchev–Trinajstić information content (AvgIpc) is 3.27. The van der Waals surface area contributed by atoms with E-state index in [4.69, 9.17) is 0 Å². The van der Waals surface area contributed by atoms with Crippen molar-refractivity contribution in [3.05, 3.63) is 57.6 Å². The zero-order valence-electron chi connectivity index (χ0n) is 13.8. The van der Waals surface area contributed by atoms with Crippen molar-refractivity contribution in [2.24, 2.45) is 7.05 Å². The van der Waals surface area contributed by atoms with E-state index in [-0.39, 0.29) is 5.56 Å². The maximum absolute atomic E-state index is 13.1. The molecule has 7 heteroatoms. The summed E-state index contributed by atoms with van der Waals surface area (Å²) in [6, 6.07) is 8.03. The van der Waals surface area contributed by atoms with E-state index >= 15 is 0 Å². The first-order valence-electron chi connectivity index (χ1n) is 7.99. The lowest BCUT2D eigenvalue weighted by Gasteiger charge is -2.08. The molecule has 0 aliphatic heterocycles. The zero-order chi connectivity index (χ0) is 17.1. The van der Waals surface area contributed by atoms with Crippen molar-refractivity contribution in [3.63, 3.8) is 0 Å². The van der Waals surface area contributed by atoms with Crippen LogP contribution >= 0.6 is 11.3 Å². The van der Waals surface area contributed by atoms with Gasteiger partial charge in [-0.1, -0.05) is 18.2 Å². The number of hydrogen-bond donors (Lipinski definition) is 1. The smallest absolute Gasteiger partial charge is 0.275 e. The predicted molar refractivity (Wildman–Crippen MR) is 100 cm³/mol. The van der Waals surface area contributed by atoms with Crippen LogP contribution in [0.4, 0.5) is 0 Å². The van der Waals surface area contributed by atoms with Crippen LogP contribution in [0.1, 0.15) is 10.6 Å². The van der Waals surface area contributed by atoms with E-state index in [2.05, 4.69) is 15.2 Å². The van der Waals surface area contributed by atoms with E-state index in [1.165, 1.54) is 0 Å². The van der Waals surface area contributed by atoms with Gasteiger partial charge in [-0.25, -0.2) is 4.98 Å². The molecule has 0 saturated carbocycles. The number of aromatic nitrogens is 5. The Morgan fingerprint density at radius 1 is 1.28 bits per heavy atom. The van der Waals surface area contributed by atoms with Crippen molar-refractivity contribution in [3.8, 4) is 0 Å². The number of rotatable bonds is 2. The van der Waals surface area contributed by atoms with Gasteiger partial charge in [0.15, 0.2) is 5.65 Å². The summed E-state index contributed by atoms with van der Waals surface area (Å²) in [5.74, 6) is 0.